The van der Waals surface area contributed by atoms with Crippen molar-refractivity contribution in [2.24, 2.45) is 4.99 Å². The molecule has 0 spiro atoms. The van der Waals surface area contributed by atoms with Gasteiger partial charge in [0, 0.05) is 46.1 Å². The van der Waals surface area contributed by atoms with Gasteiger partial charge >= 0.3 is 0 Å². The van der Waals surface area contributed by atoms with Crippen LogP contribution in [0.1, 0.15) is 29.2 Å². The molecule has 4 rings (SSSR count). The molecule has 1 aliphatic heterocycles. The van der Waals surface area contributed by atoms with E-state index in [0.717, 1.165) is 25.6 Å². The minimum absolute atomic E-state index is 0.0761. The van der Waals surface area contributed by atoms with Crippen molar-refractivity contribution in [3.63, 3.8) is 0 Å². The van der Waals surface area contributed by atoms with Crippen LogP contribution in [0.5, 0.6) is 5.75 Å². The molecular formula is C29H28Br2N2O4. The number of carbonyl (C=O) groups is 1. The van der Waals surface area contributed by atoms with Crippen molar-refractivity contribution < 1.29 is 19.4 Å². The lowest BCUT2D eigenvalue weighted by atomic mass is 9.82. The SMILES string of the molecule is C=CCNC(=O)[C@]1(Cc2ccccc2Br)N=C(c2ccc(OCCCO)cc2)O[C@@H]1c1ccccc1Br. The second-order valence-corrected chi connectivity index (χ2v) is 10.3. The first kappa shape index (κ1) is 27.1. The monoisotopic (exact) mass is 626 g/mol. The smallest absolute Gasteiger partial charge is 0.252 e. The van der Waals surface area contributed by atoms with Crippen molar-refractivity contribution in [2.75, 3.05) is 19.8 Å². The molecule has 0 aromatic heterocycles. The number of nitrogens with one attached hydrogen (secondary N) is 1. The van der Waals surface area contributed by atoms with Crippen molar-refractivity contribution in [3.8, 4) is 5.75 Å². The minimum atomic E-state index is -1.28. The summed E-state index contributed by atoms with van der Waals surface area (Å²) in [7, 11) is 0. The van der Waals surface area contributed by atoms with Gasteiger partial charge in [0.2, 0.25) is 5.90 Å². The average molecular weight is 628 g/mol. The first-order valence-electron chi connectivity index (χ1n) is 12.0. The first-order chi connectivity index (χ1) is 18.0. The summed E-state index contributed by atoms with van der Waals surface area (Å²) >= 11 is 7.29. The summed E-state index contributed by atoms with van der Waals surface area (Å²) in [5.74, 6) is 0.813. The third-order valence-electron chi connectivity index (χ3n) is 6.04. The summed E-state index contributed by atoms with van der Waals surface area (Å²) in [6.45, 7) is 4.56. The Morgan fingerprint density at radius 3 is 2.46 bits per heavy atom. The van der Waals surface area contributed by atoms with Gasteiger partial charge in [0.25, 0.3) is 5.91 Å². The highest BCUT2D eigenvalue weighted by Crippen LogP contribution is 2.45. The van der Waals surface area contributed by atoms with E-state index in [-0.39, 0.29) is 12.5 Å². The number of benzene rings is 3. The predicted octanol–water partition coefficient (Wildman–Crippen LogP) is 5.77. The summed E-state index contributed by atoms with van der Waals surface area (Å²) in [5, 5.41) is 12.0. The predicted molar refractivity (Wildman–Crippen MR) is 152 cm³/mol. The third kappa shape index (κ3) is 6.14. The standard InChI is InChI=1S/C29H28Br2N2O4/c1-2-16-32-28(35)29(19-21-8-3-5-10-24(21)30)26(23-9-4-6-11-25(23)31)37-27(33-29)20-12-14-22(15-13-20)36-18-7-17-34/h2-6,8-15,26,34H,1,7,16-19H2,(H,32,35)/t26-,29-/m1/s1. The number of hydrogen-bond acceptors (Lipinski definition) is 5. The number of aliphatic imine (C=N–C) groups is 1. The Hall–Kier alpha value is -2.94. The average Bonchev–Trinajstić information content (AvgIpc) is 3.29. The number of amides is 1. The number of halogens is 2. The van der Waals surface area contributed by atoms with Gasteiger partial charge in [-0.05, 0) is 42.0 Å². The largest absolute Gasteiger partial charge is 0.494 e. The van der Waals surface area contributed by atoms with E-state index in [1.54, 1.807) is 6.08 Å². The van der Waals surface area contributed by atoms with Gasteiger partial charge in [0.1, 0.15) is 5.75 Å². The zero-order chi connectivity index (χ0) is 26.3. The third-order valence-corrected chi connectivity index (χ3v) is 7.54. The minimum Gasteiger partial charge on any atom is -0.494 e. The maximum atomic E-state index is 13.9. The number of carbonyl (C=O) groups excluding carboxylic acids is 1. The van der Waals surface area contributed by atoms with Crippen molar-refractivity contribution >= 4 is 43.7 Å². The number of ether oxygens (including phenoxy) is 2. The lowest BCUT2D eigenvalue weighted by molar-refractivity contribution is -0.128. The molecular weight excluding hydrogens is 600 g/mol. The molecule has 6 nitrogen and oxygen atoms in total. The van der Waals surface area contributed by atoms with E-state index in [2.05, 4.69) is 43.8 Å². The summed E-state index contributed by atoms with van der Waals surface area (Å²) < 4.78 is 13.9. The highest BCUT2D eigenvalue weighted by Gasteiger charge is 2.53. The quantitative estimate of drug-likeness (QED) is 0.209. The van der Waals surface area contributed by atoms with Crippen LogP contribution >= 0.6 is 31.9 Å². The fourth-order valence-electron chi connectivity index (χ4n) is 4.20. The van der Waals surface area contributed by atoms with E-state index in [9.17, 15) is 4.79 Å². The fraction of sp³-hybridized carbons (Fsp3) is 0.241. The number of aliphatic hydroxyl groups is 1. The first-order valence-corrected chi connectivity index (χ1v) is 13.5. The zero-order valence-corrected chi connectivity index (χ0v) is 23.4. The van der Waals surface area contributed by atoms with Crippen molar-refractivity contribution in [1.29, 1.82) is 0 Å². The van der Waals surface area contributed by atoms with Crippen LogP contribution in [0.4, 0.5) is 0 Å². The van der Waals surface area contributed by atoms with E-state index in [4.69, 9.17) is 19.6 Å². The molecule has 0 fully saturated rings. The van der Waals surface area contributed by atoms with E-state index in [0.29, 0.717) is 37.6 Å². The summed E-state index contributed by atoms with van der Waals surface area (Å²) in [6.07, 6.45) is 1.83. The highest BCUT2D eigenvalue weighted by atomic mass is 79.9. The maximum absolute atomic E-state index is 13.9. The number of hydrogen-bond donors (Lipinski definition) is 2. The Bertz CT molecular complexity index is 1280. The topological polar surface area (TPSA) is 80.2 Å². The van der Waals surface area contributed by atoms with E-state index >= 15 is 0 Å². The number of rotatable bonds is 11. The maximum Gasteiger partial charge on any atom is 0.252 e. The summed E-state index contributed by atoms with van der Waals surface area (Å²) in [4.78, 5) is 18.9. The Kier molecular flexibility index (Phi) is 9.18. The molecule has 2 atom stereocenters. The fourth-order valence-corrected chi connectivity index (χ4v) is 5.11. The molecule has 8 heteroatoms. The van der Waals surface area contributed by atoms with Crippen molar-refractivity contribution in [1.82, 2.24) is 5.32 Å². The van der Waals surface area contributed by atoms with Crippen LogP contribution in [0, 0.1) is 0 Å². The molecule has 192 valence electrons. The van der Waals surface area contributed by atoms with Crippen LogP contribution in [0.15, 0.2) is 99.4 Å². The highest BCUT2D eigenvalue weighted by molar-refractivity contribution is 9.10. The lowest BCUT2D eigenvalue weighted by Gasteiger charge is -2.31. The molecule has 0 radical (unpaired) electrons. The van der Waals surface area contributed by atoms with Gasteiger partial charge in [-0.15, -0.1) is 6.58 Å². The Labute approximate surface area is 233 Å². The van der Waals surface area contributed by atoms with Gasteiger partial charge < -0.3 is 19.9 Å². The summed E-state index contributed by atoms with van der Waals surface area (Å²) in [5.41, 5.74) is 1.22. The van der Waals surface area contributed by atoms with Gasteiger partial charge in [0.15, 0.2) is 11.6 Å². The normalized spacial score (nSPS) is 18.6. The van der Waals surface area contributed by atoms with Gasteiger partial charge in [0.05, 0.1) is 6.61 Å². The molecule has 3 aromatic carbocycles. The van der Waals surface area contributed by atoms with E-state index in [1.165, 1.54) is 0 Å². The van der Waals surface area contributed by atoms with Crippen LogP contribution in [0.2, 0.25) is 0 Å². The molecule has 2 N–H and O–H groups in total. The zero-order valence-electron chi connectivity index (χ0n) is 20.2. The van der Waals surface area contributed by atoms with E-state index in [1.807, 2.05) is 72.8 Å². The molecule has 1 heterocycles. The Morgan fingerprint density at radius 1 is 1.08 bits per heavy atom. The van der Waals surface area contributed by atoms with Crippen LogP contribution < -0.4 is 10.1 Å². The molecule has 0 aliphatic carbocycles. The van der Waals surface area contributed by atoms with Crippen molar-refractivity contribution in [2.45, 2.75) is 24.5 Å². The number of aliphatic hydroxyl groups excluding tert-OH is 1. The van der Waals surface area contributed by atoms with Crippen molar-refractivity contribution in [3.05, 3.63) is 111 Å². The lowest BCUT2D eigenvalue weighted by Crippen LogP contribution is -2.50. The Morgan fingerprint density at radius 2 is 1.78 bits per heavy atom. The van der Waals surface area contributed by atoms with Crippen LogP contribution in [-0.4, -0.2) is 42.2 Å². The molecule has 1 aliphatic rings. The summed E-state index contributed by atoms with van der Waals surface area (Å²) in [6, 6.07) is 22.9. The molecule has 1 amide bonds. The Balaban J connectivity index is 1.80. The van der Waals surface area contributed by atoms with E-state index < -0.39 is 11.6 Å². The molecule has 37 heavy (non-hydrogen) atoms. The molecule has 0 saturated carbocycles. The molecule has 0 bridgehead atoms. The van der Waals surface area contributed by atoms with Crippen LogP contribution in [0.3, 0.4) is 0 Å². The number of nitrogens with zero attached hydrogens (tertiary/aromatic N) is 1. The molecule has 0 saturated heterocycles. The van der Waals surface area contributed by atoms with Crippen LogP contribution in [0.25, 0.3) is 0 Å². The van der Waals surface area contributed by atoms with Crippen LogP contribution in [-0.2, 0) is 16.0 Å². The molecule has 3 aromatic rings. The second kappa shape index (κ2) is 12.5. The molecule has 0 unspecified atom stereocenters. The second-order valence-electron chi connectivity index (χ2n) is 8.58. The van der Waals surface area contributed by atoms with Gasteiger partial charge in [-0.2, -0.15) is 0 Å². The van der Waals surface area contributed by atoms with Gasteiger partial charge in [-0.3, -0.25) is 4.79 Å². The van der Waals surface area contributed by atoms with Gasteiger partial charge in [-0.25, -0.2) is 4.99 Å². The van der Waals surface area contributed by atoms with Gasteiger partial charge in [-0.1, -0.05) is 74.3 Å².